The van der Waals surface area contributed by atoms with Gasteiger partial charge in [0.1, 0.15) is 5.54 Å². The van der Waals surface area contributed by atoms with Crippen molar-refractivity contribution in [2.45, 2.75) is 70.0 Å². The van der Waals surface area contributed by atoms with E-state index >= 15 is 0 Å². The number of methoxy groups -OCH3 is 1. The van der Waals surface area contributed by atoms with Crippen molar-refractivity contribution in [1.82, 2.24) is 10.2 Å². The average Bonchev–Trinajstić information content (AvgIpc) is 3.32. The van der Waals surface area contributed by atoms with E-state index < -0.39 is 5.54 Å². The van der Waals surface area contributed by atoms with Gasteiger partial charge < -0.3 is 4.74 Å². The summed E-state index contributed by atoms with van der Waals surface area (Å²) in [4.78, 5) is 15.1. The van der Waals surface area contributed by atoms with Crippen molar-refractivity contribution < 1.29 is 9.53 Å². The molecule has 0 radical (unpaired) electrons. The van der Waals surface area contributed by atoms with E-state index in [1.54, 1.807) is 0 Å². The van der Waals surface area contributed by atoms with E-state index in [-0.39, 0.29) is 5.97 Å². The smallest absolute Gasteiger partial charge is 0.327 e. The molecule has 0 amide bonds. The highest BCUT2D eigenvalue weighted by Gasteiger charge is 2.55. The van der Waals surface area contributed by atoms with E-state index in [9.17, 15) is 4.79 Å². The monoisotopic (exact) mass is 294 g/mol. The summed E-state index contributed by atoms with van der Waals surface area (Å²) in [7, 11) is 1.54. The molecule has 120 valence electrons. The van der Waals surface area contributed by atoms with Gasteiger partial charge in [-0.15, -0.1) is 0 Å². The van der Waals surface area contributed by atoms with Gasteiger partial charge in [-0.1, -0.05) is 6.92 Å². The lowest BCUT2D eigenvalue weighted by atomic mass is 9.87. The second-order valence-corrected chi connectivity index (χ2v) is 7.60. The predicted molar refractivity (Wildman–Crippen MR) is 83.1 cm³/mol. The molecule has 3 rings (SSSR count). The normalized spacial score (nSPS) is 33.5. The number of piperidine rings is 1. The Morgan fingerprint density at radius 1 is 1.24 bits per heavy atom. The standard InChI is InChI=1S/C17H30N2O2/c1-12-8-9-19(13(2)10-12)11-17(14-4-5-14,16(20)21-3)18-15-6-7-15/h12-15,18H,4-11H2,1-3H3. The fourth-order valence-corrected chi connectivity index (χ4v) is 3.94. The second-order valence-electron chi connectivity index (χ2n) is 7.60. The van der Waals surface area contributed by atoms with Gasteiger partial charge in [0, 0.05) is 18.6 Å². The first-order chi connectivity index (χ1) is 10.0. The summed E-state index contributed by atoms with van der Waals surface area (Å²) in [5.41, 5.74) is -0.454. The first-order valence-electron chi connectivity index (χ1n) is 8.65. The van der Waals surface area contributed by atoms with Crippen LogP contribution in [0.1, 0.15) is 52.4 Å². The number of nitrogens with one attached hydrogen (secondary N) is 1. The Labute approximate surface area is 128 Å². The number of carbonyl (C=O) groups is 1. The molecule has 0 aromatic carbocycles. The quantitative estimate of drug-likeness (QED) is 0.763. The van der Waals surface area contributed by atoms with Crippen LogP contribution in [0.2, 0.25) is 0 Å². The average molecular weight is 294 g/mol. The summed E-state index contributed by atoms with van der Waals surface area (Å²) in [5, 5.41) is 3.68. The summed E-state index contributed by atoms with van der Waals surface area (Å²) in [5.74, 6) is 1.24. The molecule has 1 heterocycles. The Hall–Kier alpha value is -0.610. The molecule has 21 heavy (non-hydrogen) atoms. The van der Waals surface area contributed by atoms with Crippen molar-refractivity contribution in [2.24, 2.45) is 11.8 Å². The molecule has 3 fully saturated rings. The Balaban J connectivity index is 1.75. The molecule has 0 spiro atoms. The molecule has 1 saturated heterocycles. The van der Waals surface area contributed by atoms with Crippen LogP contribution < -0.4 is 5.32 Å². The summed E-state index contributed by atoms with van der Waals surface area (Å²) < 4.78 is 5.22. The van der Waals surface area contributed by atoms with Gasteiger partial charge in [-0.05, 0) is 63.8 Å². The van der Waals surface area contributed by atoms with Gasteiger partial charge in [0.05, 0.1) is 7.11 Å². The highest BCUT2D eigenvalue weighted by molar-refractivity contribution is 5.82. The third-order valence-corrected chi connectivity index (χ3v) is 5.59. The van der Waals surface area contributed by atoms with E-state index in [4.69, 9.17) is 4.74 Å². The minimum absolute atomic E-state index is 0.0391. The molecule has 0 bridgehead atoms. The zero-order chi connectivity index (χ0) is 15.0. The number of carbonyl (C=O) groups excluding carboxylic acids is 1. The molecule has 3 unspecified atom stereocenters. The topological polar surface area (TPSA) is 41.6 Å². The third kappa shape index (κ3) is 3.26. The minimum Gasteiger partial charge on any atom is -0.468 e. The Bertz CT molecular complexity index is 392. The first-order valence-corrected chi connectivity index (χ1v) is 8.65. The molecular formula is C17H30N2O2. The van der Waals surface area contributed by atoms with Gasteiger partial charge in [-0.25, -0.2) is 4.79 Å². The Morgan fingerprint density at radius 3 is 2.48 bits per heavy atom. The molecule has 3 aliphatic rings. The highest BCUT2D eigenvalue weighted by Crippen LogP contribution is 2.43. The van der Waals surface area contributed by atoms with Gasteiger partial charge in [-0.3, -0.25) is 10.2 Å². The first kappa shape index (κ1) is 15.3. The summed E-state index contributed by atoms with van der Waals surface area (Å²) in [6.07, 6.45) is 7.22. The maximum absolute atomic E-state index is 12.6. The van der Waals surface area contributed by atoms with E-state index in [1.165, 1.54) is 32.8 Å². The van der Waals surface area contributed by atoms with Gasteiger partial charge in [-0.2, -0.15) is 0 Å². The van der Waals surface area contributed by atoms with E-state index in [0.717, 1.165) is 31.8 Å². The summed E-state index contributed by atoms with van der Waals surface area (Å²) in [6, 6.07) is 1.10. The number of hydrogen-bond donors (Lipinski definition) is 1. The van der Waals surface area contributed by atoms with Crippen LogP contribution in [0.15, 0.2) is 0 Å². The van der Waals surface area contributed by atoms with Gasteiger partial charge >= 0.3 is 5.97 Å². The number of nitrogens with zero attached hydrogens (tertiary/aromatic N) is 1. The lowest BCUT2D eigenvalue weighted by Gasteiger charge is -2.43. The Kier molecular flexibility index (Phi) is 4.28. The van der Waals surface area contributed by atoms with E-state index in [2.05, 4.69) is 24.1 Å². The summed E-state index contributed by atoms with van der Waals surface area (Å²) in [6.45, 7) is 6.58. The fourth-order valence-electron chi connectivity index (χ4n) is 3.94. The van der Waals surface area contributed by atoms with Crippen LogP contribution in [-0.2, 0) is 9.53 Å². The maximum atomic E-state index is 12.6. The lowest BCUT2D eigenvalue weighted by molar-refractivity contribution is -0.151. The van der Waals surface area contributed by atoms with Crippen LogP contribution >= 0.6 is 0 Å². The van der Waals surface area contributed by atoms with Gasteiger partial charge in [0.15, 0.2) is 0 Å². The van der Waals surface area contributed by atoms with Crippen LogP contribution in [0.5, 0.6) is 0 Å². The fraction of sp³-hybridized carbons (Fsp3) is 0.941. The number of esters is 1. The van der Waals surface area contributed by atoms with Crippen molar-refractivity contribution in [2.75, 3.05) is 20.2 Å². The molecule has 4 nitrogen and oxygen atoms in total. The largest absolute Gasteiger partial charge is 0.468 e. The van der Waals surface area contributed by atoms with Crippen LogP contribution in [-0.4, -0.2) is 48.7 Å². The van der Waals surface area contributed by atoms with Crippen LogP contribution in [0.4, 0.5) is 0 Å². The molecule has 4 heteroatoms. The van der Waals surface area contributed by atoms with Crippen molar-refractivity contribution >= 4 is 5.97 Å². The highest BCUT2D eigenvalue weighted by atomic mass is 16.5. The van der Waals surface area contributed by atoms with Crippen LogP contribution in [0, 0.1) is 11.8 Å². The van der Waals surface area contributed by atoms with Crippen molar-refractivity contribution in [3.05, 3.63) is 0 Å². The SMILES string of the molecule is COC(=O)C(CN1CCC(C)CC1C)(NC1CC1)C1CC1. The van der Waals surface area contributed by atoms with E-state index in [0.29, 0.717) is 18.0 Å². The second kappa shape index (κ2) is 5.88. The molecule has 2 aliphatic carbocycles. The number of ether oxygens (including phenoxy) is 1. The zero-order valence-corrected chi connectivity index (χ0v) is 13.7. The van der Waals surface area contributed by atoms with E-state index in [1.807, 2.05) is 0 Å². The lowest BCUT2D eigenvalue weighted by Crippen LogP contribution is -2.63. The number of likely N-dealkylation sites (tertiary alicyclic amines) is 1. The molecule has 0 aromatic rings. The summed E-state index contributed by atoms with van der Waals surface area (Å²) >= 11 is 0. The van der Waals surface area contributed by atoms with Crippen LogP contribution in [0.3, 0.4) is 0 Å². The predicted octanol–water partition coefficient (Wildman–Crippen LogP) is 2.18. The molecule has 1 N–H and O–H groups in total. The minimum atomic E-state index is -0.454. The van der Waals surface area contributed by atoms with Crippen molar-refractivity contribution in [1.29, 1.82) is 0 Å². The zero-order valence-electron chi connectivity index (χ0n) is 13.7. The molecule has 0 aromatic heterocycles. The molecular weight excluding hydrogens is 264 g/mol. The van der Waals surface area contributed by atoms with Gasteiger partial charge in [0.2, 0.25) is 0 Å². The number of rotatable bonds is 6. The number of hydrogen-bond acceptors (Lipinski definition) is 4. The van der Waals surface area contributed by atoms with Crippen molar-refractivity contribution in [3.8, 4) is 0 Å². The molecule has 3 atom stereocenters. The Morgan fingerprint density at radius 2 is 1.95 bits per heavy atom. The van der Waals surface area contributed by atoms with Crippen LogP contribution in [0.25, 0.3) is 0 Å². The molecule has 1 aliphatic heterocycles. The van der Waals surface area contributed by atoms with Gasteiger partial charge in [0.25, 0.3) is 0 Å². The third-order valence-electron chi connectivity index (χ3n) is 5.59. The van der Waals surface area contributed by atoms with Crippen molar-refractivity contribution in [3.63, 3.8) is 0 Å². The molecule has 2 saturated carbocycles. The maximum Gasteiger partial charge on any atom is 0.327 e.